The first-order chi connectivity index (χ1) is 25.6. The molecule has 4 atom stereocenters. The monoisotopic (exact) mass is 713 g/mol. The molecule has 5 aromatic carbocycles. The summed E-state index contributed by atoms with van der Waals surface area (Å²) in [5.41, 5.74) is 6.50. The Bertz CT molecular complexity index is 2120. The number of carboxylic acids is 1. The minimum absolute atomic E-state index is 0.0733. The highest BCUT2D eigenvalue weighted by molar-refractivity contribution is 6.00. The number of nitrogens with one attached hydrogen (secondary N) is 1. The van der Waals surface area contributed by atoms with E-state index >= 15 is 0 Å². The van der Waals surface area contributed by atoms with Gasteiger partial charge in [-0.15, -0.1) is 0 Å². The van der Waals surface area contributed by atoms with E-state index in [2.05, 4.69) is 17.1 Å². The van der Waals surface area contributed by atoms with Crippen LogP contribution in [-0.4, -0.2) is 52.0 Å². The van der Waals surface area contributed by atoms with Gasteiger partial charge in [-0.3, -0.25) is 14.5 Å². The van der Waals surface area contributed by atoms with Gasteiger partial charge in [0.05, 0.1) is 11.7 Å². The molecule has 9 nitrogen and oxygen atoms in total. The highest BCUT2D eigenvalue weighted by Gasteiger charge is 2.40. The van der Waals surface area contributed by atoms with E-state index in [9.17, 15) is 29.0 Å². The van der Waals surface area contributed by atoms with E-state index < -0.39 is 30.1 Å². The number of carbonyl (C=O) groups excluding carboxylic acids is 2. The maximum atomic E-state index is 14.3. The van der Waals surface area contributed by atoms with Gasteiger partial charge in [-0.2, -0.15) is 0 Å². The van der Waals surface area contributed by atoms with Crippen molar-refractivity contribution in [3.05, 3.63) is 149 Å². The second-order valence-corrected chi connectivity index (χ2v) is 13.6. The van der Waals surface area contributed by atoms with Crippen molar-refractivity contribution in [2.45, 2.75) is 57.0 Å². The molecule has 10 heteroatoms. The number of carbonyl (C=O) groups is 3. The Labute approximate surface area is 307 Å². The Morgan fingerprint density at radius 1 is 0.906 bits per heavy atom. The van der Waals surface area contributed by atoms with Crippen LogP contribution >= 0.6 is 0 Å². The number of phenolic OH excluding ortho intramolecular Hbond substituents is 1. The van der Waals surface area contributed by atoms with Crippen molar-refractivity contribution in [3.63, 3.8) is 0 Å². The molecule has 2 aliphatic heterocycles. The number of rotatable bonds is 10. The summed E-state index contributed by atoms with van der Waals surface area (Å²) in [7, 11) is 1.69. The summed E-state index contributed by atoms with van der Waals surface area (Å²) >= 11 is 0. The minimum atomic E-state index is -1.18. The molecule has 0 bridgehead atoms. The molecule has 0 aromatic heterocycles. The Morgan fingerprint density at radius 2 is 1.57 bits per heavy atom. The third-order valence-electron chi connectivity index (χ3n) is 10.3. The van der Waals surface area contributed by atoms with Crippen LogP contribution < -0.4 is 15.0 Å². The van der Waals surface area contributed by atoms with E-state index in [-0.39, 0.29) is 29.9 Å². The van der Waals surface area contributed by atoms with E-state index in [1.807, 2.05) is 66.7 Å². The molecule has 2 amide bonds. The molecule has 3 N–H and O–H groups in total. The number of anilines is 1. The molecule has 0 saturated carbocycles. The number of hydrogen-bond acceptors (Lipinski definition) is 6. The lowest BCUT2D eigenvalue weighted by Crippen LogP contribution is -2.55. The standard InChI is InChI=1S/C43H40FN3O6/c1-3-36(29-7-5-4-6-8-29)47-25-32-24-39-37(46(2)42(50)40(53-39)30-15-19-34(48)20-16-30)22-31(32)23-38(47)41(49)45-35(43(51)52)21-26-9-11-27(12-10-26)28-13-17-33(44)18-14-28/h4-20,22,24,35-36,38,40,48H,3,21,23,25H2,1-2H3,(H,45,49)(H,51,52)/t35-,36-,38-,40-/m0/s1. The zero-order chi connectivity index (χ0) is 37.2. The summed E-state index contributed by atoms with van der Waals surface area (Å²) < 4.78 is 19.7. The number of hydrogen-bond donors (Lipinski definition) is 3. The molecule has 0 unspecified atom stereocenters. The topological polar surface area (TPSA) is 119 Å². The summed E-state index contributed by atoms with van der Waals surface area (Å²) in [6.45, 7) is 2.46. The van der Waals surface area contributed by atoms with E-state index in [4.69, 9.17) is 4.74 Å². The van der Waals surface area contributed by atoms with Crippen molar-refractivity contribution in [3.8, 4) is 22.6 Å². The van der Waals surface area contributed by atoms with Gasteiger partial charge in [0.1, 0.15) is 23.4 Å². The Morgan fingerprint density at radius 3 is 2.21 bits per heavy atom. The second-order valence-electron chi connectivity index (χ2n) is 13.6. The number of benzene rings is 5. The number of carboxylic acid groups (broad SMARTS) is 1. The Kier molecular flexibility index (Phi) is 9.97. The first-order valence-electron chi connectivity index (χ1n) is 17.7. The van der Waals surface area contributed by atoms with Gasteiger partial charge < -0.3 is 25.2 Å². The summed E-state index contributed by atoms with van der Waals surface area (Å²) in [6.07, 6.45) is 0.182. The number of aromatic hydroxyl groups is 1. The van der Waals surface area contributed by atoms with Gasteiger partial charge in [-0.1, -0.05) is 85.8 Å². The summed E-state index contributed by atoms with van der Waals surface area (Å²) in [5, 5.41) is 22.9. The predicted molar refractivity (Wildman–Crippen MR) is 199 cm³/mol. The number of ether oxygens (including phenoxy) is 1. The Balaban J connectivity index is 1.17. The van der Waals surface area contributed by atoms with Gasteiger partial charge in [-0.05, 0) is 82.6 Å². The fourth-order valence-corrected chi connectivity index (χ4v) is 7.40. The van der Waals surface area contributed by atoms with Crippen LogP contribution in [0.5, 0.6) is 11.5 Å². The first-order valence-corrected chi connectivity index (χ1v) is 17.7. The van der Waals surface area contributed by atoms with Gasteiger partial charge in [0, 0.05) is 31.6 Å². The average molecular weight is 714 g/mol. The van der Waals surface area contributed by atoms with Crippen molar-refractivity contribution in [2.75, 3.05) is 11.9 Å². The lowest BCUT2D eigenvalue weighted by atomic mass is 9.88. The van der Waals surface area contributed by atoms with Crippen LogP contribution in [0.3, 0.4) is 0 Å². The minimum Gasteiger partial charge on any atom is -0.508 e. The smallest absolute Gasteiger partial charge is 0.326 e. The van der Waals surface area contributed by atoms with Crippen molar-refractivity contribution in [2.24, 2.45) is 0 Å². The van der Waals surface area contributed by atoms with E-state index in [0.29, 0.717) is 36.4 Å². The van der Waals surface area contributed by atoms with Crippen LogP contribution in [0.25, 0.3) is 11.1 Å². The molecule has 0 saturated heterocycles. The average Bonchev–Trinajstić information content (AvgIpc) is 3.17. The number of likely N-dealkylation sites (N-methyl/N-ethyl adjacent to an activating group) is 1. The summed E-state index contributed by atoms with van der Waals surface area (Å²) in [5.74, 6) is -1.50. The number of fused-ring (bicyclic) bond motifs is 2. The lowest BCUT2D eigenvalue weighted by molar-refractivity contribution is -0.143. The molecule has 0 aliphatic carbocycles. The quantitative estimate of drug-likeness (QED) is 0.143. The molecular weight excluding hydrogens is 673 g/mol. The van der Waals surface area contributed by atoms with Crippen LogP contribution in [-0.2, 0) is 33.8 Å². The molecule has 0 spiro atoms. The third-order valence-corrected chi connectivity index (χ3v) is 10.3. The Hall–Kier alpha value is -6.00. The largest absolute Gasteiger partial charge is 0.508 e. The van der Waals surface area contributed by atoms with E-state index in [1.54, 1.807) is 36.2 Å². The molecule has 2 heterocycles. The van der Waals surface area contributed by atoms with Crippen LogP contribution in [0.2, 0.25) is 0 Å². The highest BCUT2D eigenvalue weighted by Crippen LogP contribution is 2.43. The molecule has 0 radical (unpaired) electrons. The fraction of sp³-hybridized carbons (Fsp3) is 0.233. The highest BCUT2D eigenvalue weighted by atomic mass is 19.1. The van der Waals surface area contributed by atoms with Gasteiger partial charge >= 0.3 is 5.97 Å². The molecule has 5 aromatic rings. The lowest BCUT2D eigenvalue weighted by Gasteiger charge is -2.42. The summed E-state index contributed by atoms with van der Waals surface area (Å²) in [4.78, 5) is 44.1. The van der Waals surface area contributed by atoms with Crippen molar-refractivity contribution in [1.29, 1.82) is 0 Å². The second kappa shape index (κ2) is 14.9. The van der Waals surface area contributed by atoms with Crippen LogP contribution in [0.1, 0.15) is 53.3 Å². The summed E-state index contributed by atoms with van der Waals surface area (Å²) in [6, 6.07) is 31.6. The van der Waals surface area contributed by atoms with Gasteiger partial charge in [-0.25, -0.2) is 9.18 Å². The molecule has 270 valence electrons. The molecule has 7 rings (SSSR count). The third kappa shape index (κ3) is 7.36. The normalized spacial score (nSPS) is 17.9. The van der Waals surface area contributed by atoms with E-state index in [0.717, 1.165) is 33.4 Å². The van der Waals surface area contributed by atoms with Crippen LogP contribution in [0, 0.1) is 5.82 Å². The SMILES string of the molecule is CC[C@@H](c1ccccc1)N1Cc2cc3c(cc2C[C@H]1C(=O)N[C@@H](Cc1ccc(-c2ccc(F)cc2)cc1)C(=O)O)N(C)C(=O)[C@H](c1ccc(O)cc1)O3. The zero-order valence-corrected chi connectivity index (χ0v) is 29.4. The number of phenols is 1. The van der Waals surface area contributed by atoms with Gasteiger partial charge in [0.2, 0.25) is 12.0 Å². The molecular formula is C43H40FN3O6. The van der Waals surface area contributed by atoms with E-state index in [1.165, 1.54) is 24.3 Å². The fourth-order valence-electron chi connectivity index (χ4n) is 7.40. The van der Waals surface area contributed by atoms with Crippen LogP contribution in [0.15, 0.2) is 115 Å². The molecule has 0 fully saturated rings. The number of amides is 2. The van der Waals surface area contributed by atoms with Gasteiger partial charge in [0.25, 0.3) is 5.91 Å². The zero-order valence-electron chi connectivity index (χ0n) is 29.4. The van der Waals surface area contributed by atoms with Crippen LogP contribution in [0.4, 0.5) is 10.1 Å². The maximum Gasteiger partial charge on any atom is 0.326 e. The number of aliphatic carboxylic acids is 1. The molecule has 53 heavy (non-hydrogen) atoms. The van der Waals surface area contributed by atoms with Crippen molar-refractivity contribution in [1.82, 2.24) is 10.2 Å². The first kappa shape index (κ1) is 35.4. The van der Waals surface area contributed by atoms with Crippen molar-refractivity contribution >= 4 is 23.5 Å². The van der Waals surface area contributed by atoms with Crippen molar-refractivity contribution < 1.29 is 33.7 Å². The van der Waals surface area contributed by atoms with Gasteiger partial charge in [0.15, 0.2) is 0 Å². The predicted octanol–water partition coefficient (Wildman–Crippen LogP) is 6.98. The number of nitrogens with zero attached hydrogens (tertiary/aromatic N) is 2. The maximum absolute atomic E-state index is 14.3. The molecule has 2 aliphatic rings. The number of halogens is 1.